The Morgan fingerprint density at radius 1 is 0.613 bits per heavy atom. The highest BCUT2D eigenvalue weighted by Crippen LogP contribution is 2.44. The van der Waals surface area contributed by atoms with Crippen molar-refractivity contribution in [3.8, 4) is 0 Å². The van der Waals surface area contributed by atoms with Crippen molar-refractivity contribution in [2.75, 3.05) is 0 Å². The Kier molecular flexibility index (Phi) is 8.46. The van der Waals surface area contributed by atoms with Crippen LogP contribution in [0.5, 0.6) is 0 Å². The van der Waals surface area contributed by atoms with Crippen LogP contribution in [0.3, 0.4) is 0 Å². The van der Waals surface area contributed by atoms with Crippen LogP contribution in [0, 0.1) is 41.2 Å². The average molecular weight is 431 g/mol. The van der Waals surface area contributed by atoms with Crippen LogP contribution in [0.2, 0.25) is 0 Å². The summed E-state index contributed by atoms with van der Waals surface area (Å²) < 4.78 is 26.8. The number of benzene rings is 1. The van der Waals surface area contributed by atoms with Crippen molar-refractivity contribution in [3.63, 3.8) is 0 Å². The molecule has 0 aliphatic heterocycles. The van der Waals surface area contributed by atoms with Gasteiger partial charge in [-0.2, -0.15) is 0 Å². The summed E-state index contributed by atoms with van der Waals surface area (Å²) in [6.45, 7) is 2.34. The summed E-state index contributed by atoms with van der Waals surface area (Å²) in [7, 11) is 0. The van der Waals surface area contributed by atoms with Crippen molar-refractivity contribution in [1.29, 1.82) is 0 Å². The fraction of sp³-hybridized carbons (Fsp3) is 0.793. The highest BCUT2D eigenvalue weighted by Gasteiger charge is 2.31. The molecule has 2 heteroatoms. The van der Waals surface area contributed by atoms with Gasteiger partial charge in [-0.15, -0.1) is 0 Å². The van der Waals surface area contributed by atoms with Gasteiger partial charge in [-0.25, -0.2) is 8.78 Å². The molecule has 0 radical (unpaired) electrons. The molecule has 0 amide bonds. The van der Waals surface area contributed by atoms with Crippen molar-refractivity contribution < 1.29 is 8.78 Å². The van der Waals surface area contributed by atoms with E-state index < -0.39 is 11.6 Å². The van der Waals surface area contributed by atoms with Gasteiger partial charge in [-0.1, -0.05) is 64.4 Å². The Labute approximate surface area is 189 Å². The van der Waals surface area contributed by atoms with E-state index in [4.69, 9.17) is 0 Å². The summed E-state index contributed by atoms with van der Waals surface area (Å²) in [6.07, 6.45) is 22.4. The van der Waals surface area contributed by atoms with Crippen molar-refractivity contribution in [2.45, 2.75) is 116 Å². The zero-order chi connectivity index (χ0) is 21.6. The van der Waals surface area contributed by atoms with Crippen LogP contribution in [0.25, 0.3) is 0 Å². The minimum atomic E-state index is -0.726. The second-order valence-corrected chi connectivity index (χ2v) is 11.3. The van der Waals surface area contributed by atoms with Gasteiger partial charge in [0, 0.05) is 0 Å². The number of hydrogen-bond acceptors (Lipinski definition) is 0. The fourth-order valence-electron chi connectivity index (χ4n) is 7.33. The van der Waals surface area contributed by atoms with Crippen LogP contribution < -0.4 is 0 Å². The van der Waals surface area contributed by atoms with Gasteiger partial charge < -0.3 is 0 Å². The van der Waals surface area contributed by atoms with Crippen molar-refractivity contribution in [1.82, 2.24) is 0 Å². The Bertz CT molecular complexity index is 659. The smallest absolute Gasteiger partial charge is 0.159 e. The molecule has 0 bridgehead atoms. The molecule has 31 heavy (non-hydrogen) atoms. The molecule has 0 unspecified atom stereocenters. The maximum Gasteiger partial charge on any atom is 0.159 e. The monoisotopic (exact) mass is 430 g/mol. The van der Waals surface area contributed by atoms with E-state index in [1.54, 1.807) is 6.07 Å². The molecule has 0 nitrogen and oxygen atoms in total. The van der Waals surface area contributed by atoms with Gasteiger partial charge in [0.1, 0.15) is 0 Å². The summed E-state index contributed by atoms with van der Waals surface area (Å²) in [6, 6.07) is 4.51. The first-order valence-corrected chi connectivity index (χ1v) is 13.6. The standard InChI is InChI=1S/C29H44F2/c1-2-3-21-6-12-24(13-7-21)25-14-8-22(9-15-25)4-5-23-10-16-26(17-11-23)27-18-19-28(30)29(31)20-27/h18-26H,2-17H2,1H3/t21-,22-,23-,24-,25-,26-. The normalized spacial score (nSPS) is 34.5. The molecule has 3 fully saturated rings. The molecule has 0 spiro atoms. The van der Waals surface area contributed by atoms with E-state index in [0.717, 1.165) is 48.0 Å². The molecule has 3 saturated carbocycles. The molecule has 4 rings (SSSR count). The zero-order valence-corrected chi connectivity index (χ0v) is 19.8. The van der Waals surface area contributed by atoms with E-state index in [1.807, 2.05) is 0 Å². The zero-order valence-electron chi connectivity index (χ0n) is 19.8. The largest absolute Gasteiger partial charge is 0.204 e. The van der Waals surface area contributed by atoms with Crippen LogP contribution in [0.4, 0.5) is 8.78 Å². The highest BCUT2D eigenvalue weighted by atomic mass is 19.2. The van der Waals surface area contributed by atoms with Crippen molar-refractivity contribution in [3.05, 3.63) is 35.4 Å². The Balaban J connectivity index is 1.12. The quantitative estimate of drug-likeness (QED) is 0.404. The van der Waals surface area contributed by atoms with Gasteiger partial charge in [0.15, 0.2) is 11.6 Å². The fourth-order valence-corrected chi connectivity index (χ4v) is 7.33. The topological polar surface area (TPSA) is 0 Å². The van der Waals surface area contributed by atoms with E-state index in [1.165, 1.54) is 102 Å². The molecule has 3 aliphatic carbocycles. The van der Waals surface area contributed by atoms with Crippen LogP contribution in [0.1, 0.15) is 121 Å². The van der Waals surface area contributed by atoms with Gasteiger partial charge >= 0.3 is 0 Å². The molecule has 1 aromatic carbocycles. The number of halogens is 2. The molecular weight excluding hydrogens is 386 g/mol. The van der Waals surface area contributed by atoms with Gasteiger partial charge in [-0.3, -0.25) is 0 Å². The van der Waals surface area contributed by atoms with Crippen LogP contribution in [-0.4, -0.2) is 0 Å². The summed E-state index contributed by atoms with van der Waals surface area (Å²) in [5.74, 6) is 3.94. The van der Waals surface area contributed by atoms with E-state index in [-0.39, 0.29) is 0 Å². The lowest BCUT2D eigenvalue weighted by molar-refractivity contribution is 0.137. The maximum atomic E-state index is 13.6. The maximum absolute atomic E-state index is 13.6. The Morgan fingerprint density at radius 3 is 1.58 bits per heavy atom. The first kappa shape index (κ1) is 23.2. The molecule has 0 aromatic heterocycles. The molecule has 0 atom stereocenters. The molecule has 174 valence electrons. The first-order chi connectivity index (χ1) is 15.1. The minimum absolute atomic E-state index is 0.425. The third-order valence-electron chi connectivity index (χ3n) is 9.39. The van der Waals surface area contributed by atoms with Gasteiger partial charge in [0.25, 0.3) is 0 Å². The van der Waals surface area contributed by atoms with Crippen molar-refractivity contribution >= 4 is 0 Å². The predicted octanol–water partition coefficient (Wildman–Crippen LogP) is 9.43. The van der Waals surface area contributed by atoms with E-state index >= 15 is 0 Å². The van der Waals surface area contributed by atoms with E-state index in [2.05, 4.69) is 6.92 Å². The van der Waals surface area contributed by atoms with Crippen LogP contribution >= 0.6 is 0 Å². The molecular formula is C29H44F2. The number of rotatable bonds is 7. The van der Waals surface area contributed by atoms with Gasteiger partial charge in [0.2, 0.25) is 0 Å². The second-order valence-electron chi connectivity index (χ2n) is 11.3. The van der Waals surface area contributed by atoms with Gasteiger partial charge in [0.05, 0.1) is 0 Å². The average Bonchev–Trinajstić information content (AvgIpc) is 2.81. The SMILES string of the molecule is CCC[C@H]1CC[C@H]([C@H]2CC[C@H](CC[C@H]3CC[C@H](c4ccc(F)c(F)c4)CC3)CC2)CC1. The lowest BCUT2D eigenvalue weighted by atomic mass is 9.68. The third-order valence-corrected chi connectivity index (χ3v) is 9.39. The van der Waals surface area contributed by atoms with E-state index in [0.29, 0.717) is 5.92 Å². The third kappa shape index (κ3) is 6.32. The summed E-state index contributed by atoms with van der Waals surface area (Å²) in [4.78, 5) is 0. The Hall–Kier alpha value is -0.920. The summed E-state index contributed by atoms with van der Waals surface area (Å²) in [5, 5.41) is 0. The molecule has 0 saturated heterocycles. The second kappa shape index (κ2) is 11.3. The predicted molar refractivity (Wildman–Crippen MR) is 126 cm³/mol. The Morgan fingerprint density at radius 2 is 1.10 bits per heavy atom. The van der Waals surface area contributed by atoms with Crippen molar-refractivity contribution in [2.24, 2.45) is 29.6 Å². The first-order valence-electron chi connectivity index (χ1n) is 13.6. The lowest BCUT2D eigenvalue weighted by Crippen LogP contribution is -2.26. The molecule has 1 aromatic rings. The van der Waals surface area contributed by atoms with E-state index in [9.17, 15) is 8.78 Å². The van der Waals surface area contributed by atoms with Crippen LogP contribution in [0.15, 0.2) is 18.2 Å². The summed E-state index contributed by atoms with van der Waals surface area (Å²) >= 11 is 0. The lowest BCUT2D eigenvalue weighted by Gasteiger charge is -2.38. The number of hydrogen-bond donors (Lipinski definition) is 0. The molecule has 0 N–H and O–H groups in total. The summed E-state index contributed by atoms with van der Waals surface area (Å²) in [5.41, 5.74) is 0.999. The molecule has 3 aliphatic rings. The van der Waals surface area contributed by atoms with Gasteiger partial charge in [-0.05, 0) is 105 Å². The highest BCUT2D eigenvalue weighted by molar-refractivity contribution is 5.22. The minimum Gasteiger partial charge on any atom is -0.204 e. The molecule has 0 heterocycles. The van der Waals surface area contributed by atoms with Crippen LogP contribution in [-0.2, 0) is 0 Å².